The lowest BCUT2D eigenvalue weighted by Crippen LogP contribution is -2.56. The number of rotatable bonds is 14. The Morgan fingerprint density at radius 3 is 2.07 bits per heavy atom. The maximum atomic E-state index is 14.2. The molecule has 1 saturated heterocycles. The summed E-state index contributed by atoms with van der Waals surface area (Å²) >= 11 is 0. The van der Waals surface area contributed by atoms with Crippen molar-refractivity contribution in [2.45, 2.75) is 43.8 Å². The van der Waals surface area contributed by atoms with E-state index in [2.05, 4.69) is 10.6 Å². The van der Waals surface area contributed by atoms with Crippen LogP contribution in [0.5, 0.6) is 5.75 Å². The first-order valence-electron chi connectivity index (χ1n) is 15.1. The molecule has 44 heavy (non-hydrogen) atoms. The standard InChI is InChI=1S/C35H44N4O5/c1-36-34(41)31(21-26-14-18-30(43-4)19-15-26)39(3)35(42)32(38(2)33(40)24-44-23-29-11-8-20-37-29)22-25-12-16-28(17-13-25)27-9-6-5-7-10-27/h5-7,9-10,12-19,29,31-32,37H,8,11,20-24H2,1-4H3,(H,36,41)/t29-,31+,32?/m0/s1. The molecule has 2 N–H and O–H groups in total. The summed E-state index contributed by atoms with van der Waals surface area (Å²) in [7, 11) is 6.41. The molecule has 3 amide bonds. The molecule has 1 aliphatic heterocycles. The predicted molar refractivity (Wildman–Crippen MR) is 171 cm³/mol. The first-order chi connectivity index (χ1) is 21.3. The van der Waals surface area contributed by atoms with Crippen molar-refractivity contribution in [2.24, 2.45) is 0 Å². The highest BCUT2D eigenvalue weighted by Crippen LogP contribution is 2.22. The van der Waals surface area contributed by atoms with Crippen molar-refractivity contribution in [3.8, 4) is 16.9 Å². The van der Waals surface area contributed by atoms with Gasteiger partial charge in [0.1, 0.15) is 24.4 Å². The zero-order valence-corrected chi connectivity index (χ0v) is 26.1. The highest BCUT2D eigenvalue weighted by atomic mass is 16.5. The van der Waals surface area contributed by atoms with Gasteiger partial charge < -0.3 is 29.9 Å². The molecule has 0 aromatic heterocycles. The Morgan fingerprint density at radius 2 is 1.48 bits per heavy atom. The van der Waals surface area contributed by atoms with Gasteiger partial charge in [-0.05, 0) is 53.8 Å². The summed E-state index contributed by atoms with van der Waals surface area (Å²) in [6.07, 6.45) is 2.70. The molecule has 0 spiro atoms. The van der Waals surface area contributed by atoms with Gasteiger partial charge in [-0.15, -0.1) is 0 Å². The molecule has 0 bridgehead atoms. The Morgan fingerprint density at radius 1 is 0.864 bits per heavy atom. The quantitative estimate of drug-likeness (QED) is 0.295. The number of hydrogen-bond acceptors (Lipinski definition) is 6. The van der Waals surface area contributed by atoms with Crippen molar-refractivity contribution in [1.82, 2.24) is 20.4 Å². The molecule has 9 nitrogen and oxygen atoms in total. The van der Waals surface area contributed by atoms with E-state index in [0.29, 0.717) is 18.8 Å². The molecule has 1 fully saturated rings. The third-order valence-electron chi connectivity index (χ3n) is 8.30. The molecule has 1 heterocycles. The largest absolute Gasteiger partial charge is 0.497 e. The molecule has 1 unspecified atom stereocenters. The van der Waals surface area contributed by atoms with Gasteiger partial charge in [-0.25, -0.2) is 0 Å². The Bertz CT molecular complexity index is 1360. The summed E-state index contributed by atoms with van der Waals surface area (Å²) in [6.45, 7) is 1.27. The zero-order valence-electron chi connectivity index (χ0n) is 26.1. The van der Waals surface area contributed by atoms with Crippen LogP contribution in [0.25, 0.3) is 11.1 Å². The molecule has 3 atom stereocenters. The molecular weight excluding hydrogens is 556 g/mol. The number of likely N-dealkylation sites (N-methyl/N-ethyl adjacent to an activating group) is 3. The van der Waals surface area contributed by atoms with Gasteiger partial charge in [0.15, 0.2) is 0 Å². The predicted octanol–water partition coefficient (Wildman–Crippen LogP) is 3.32. The van der Waals surface area contributed by atoms with Crippen LogP contribution in [0, 0.1) is 0 Å². The second-order valence-corrected chi connectivity index (χ2v) is 11.2. The van der Waals surface area contributed by atoms with Crippen LogP contribution in [0.4, 0.5) is 0 Å². The number of nitrogens with one attached hydrogen (secondary N) is 2. The van der Waals surface area contributed by atoms with E-state index in [1.54, 1.807) is 28.3 Å². The minimum absolute atomic E-state index is 0.125. The van der Waals surface area contributed by atoms with Gasteiger partial charge in [0.25, 0.3) is 0 Å². The van der Waals surface area contributed by atoms with Crippen LogP contribution in [-0.2, 0) is 32.0 Å². The van der Waals surface area contributed by atoms with Gasteiger partial charge in [0, 0.05) is 40.0 Å². The number of amides is 3. The molecule has 234 valence electrons. The summed E-state index contributed by atoms with van der Waals surface area (Å²) in [4.78, 5) is 43.5. The van der Waals surface area contributed by atoms with E-state index in [-0.39, 0.29) is 36.8 Å². The monoisotopic (exact) mass is 600 g/mol. The van der Waals surface area contributed by atoms with E-state index in [4.69, 9.17) is 9.47 Å². The van der Waals surface area contributed by atoms with E-state index in [1.165, 1.54) is 9.80 Å². The second-order valence-electron chi connectivity index (χ2n) is 11.2. The van der Waals surface area contributed by atoms with Crippen molar-refractivity contribution in [1.29, 1.82) is 0 Å². The number of carbonyl (C=O) groups excluding carboxylic acids is 3. The fourth-order valence-electron chi connectivity index (χ4n) is 5.49. The third-order valence-corrected chi connectivity index (χ3v) is 8.30. The Labute approximate surface area is 260 Å². The zero-order chi connectivity index (χ0) is 31.5. The van der Waals surface area contributed by atoms with E-state index < -0.39 is 12.1 Å². The molecule has 3 aromatic rings. The lowest BCUT2D eigenvalue weighted by atomic mass is 9.98. The average Bonchev–Trinajstić information content (AvgIpc) is 3.59. The summed E-state index contributed by atoms with van der Waals surface area (Å²) in [5, 5.41) is 6.06. The topological polar surface area (TPSA) is 100 Å². The lowest BCUT2D eigenvalue weighted by molar-refractivity contribution is -0.149. The van der Waals surface area contributed by atoms with Gasteiger partial charge in [0.05, 0.1) is 13.7 Å². The van der Waals surface area contributed by atoms with Gasteiger partial charge in [-0.2, -0.15) is 0 Å². The van der Waals surface area contributed by atoms with Crippen molar-refractivity contribution in [3.63, 3.8) is 0 Å². The maximum Gasteiger partial charge on any atom is 0.249 e. The van der Waals surface area contributed by atoms with E-state index in [0.717, 1.165) is 41.6 Å². The summed E-state index contributed by atoms with van der Waals surface area (Å²) in [6, 6.07) is 24.1. The van der Waals surface area contributed by atoms with Crippen LogP contribution in [-0.4, -0.2) is 93.7 Å². The maximum absolute atomic E-state index is 14.2. The van der Waals surface area contributed by atoms with E-state index >= 15 is 0 Å². The Kier molecular flexibility index (Phi) is 11.9. The molecule has 9 heteroatoms. The molecular formula is C35H44N4O5. The fraction of sp³-hybridized carbons (Fsp3) is 0.400. The Hall–Kier alpha value is -4.21. The highest BCUT2D eigenvalue weighted by Gasteiger charge is 2.35. The van der Waals surface area contributed by atoms with Crippen LogP contribution in [0.15, 0.2) is 78.9 Å². The number of hydrogen-bond donors (Lipinski definition) is 2. The molecule has 1 aliphatic rings. The molecule has 0 aliphatic carbocycles. The van der Waals surface area contributed by atoms with Crippen molar-refractivity contribution in [3.05, 3.63) is 90.0 Å². The normalized spacial score (nSPS) is 15.7. The number of benzene rings is 3. The van der Waals surface area contributed by atoms with Crippen LogP contribution < -0.4 is 15.4 Å². The first kappa shape index (κ1) is 32.7. The Balaban J connectivity index is 1.54. The second kappa shape index (κ2) is 16.0. The number of methoxy groups -OCH3 is 1. The molecule has 0 radical (unpaired) electrons. The van der Waals surface area contributed by atoms with Crippen LogP contribution in [0.1, 0.15) is 24.0 Å². The minimum atomic E-state index is -0.841. The minimum Gasteiger partial charge on any atom is -0.497 e. The van der Waals surface area contributed by atoms with E-state index in [1.807, 2.05) is 78.9 Å². The molecule has 0 saturated carbocycles. The van der Waals surface area contributed by atoms with Crippen molar-refractivity contribution < 1.29 is 23.9 Å². The van der Waals surface area contributed by atoms with Crippen LogP contribution in [0.2, 0.25) is 0 Å². The third kappa shape index (κ3) is 8.67. The van der Waals surface area contributed by atoms with Crippen LogP contribution in [0.3, 0.4) is 0 Å². The van der Waals surface area contributed by atoms with Crippen molar-refractivity contribution >= 4 is 17.7 Å². The van der Waals surface area contributed by atoms with Gasteiger partial charge in [0.2, 0.25) is 17.7 Å². The smallest absolute Gasteiger partial charge is 0.249 e. The number of carbonyl (C=O) groups is 3. The first-order valence-corrected chi connectivity index (χ1v) is 15.1. The molecule has 3 aromatic carbocycles. The van der Waals surface area contributed by atoms with Gasteiger partial charge >= 0.3 is 0 Å². The SMILES string of the molecule is CNC(=O)[C@@H](Cc1ccc(OC)cc1)N(C)C(=O)C(Cc1ccc(-c2ccccc2)cc1)N(C)C(=O)COC[C@@H]1CCCN1. The summed E-state index contributed by atoms with van der Waals surface area (Å²) < 4.78 is 11.0. The highest BCUT2D eigenvalue weighted by molar-refractivity contribution is 5.92. The average molecular weight is 601 g/mol. The fourth-order valence-corrected chi connectivity index (χ4v) is 5.49. The lowest BCUT2D eigenvalue weighted by Gasteiger charge is -2.34. The van der Waals surface area contributed by atoms with Crippen molar-refractivity contribution in [2.75, 3.05) is 48.0 Å². The number of nitrogens with zero attached hydrogens (tertiary/aromatic N) is 2. The number of ether oxygens (including phenoxy) is 2. The molecule has 4 rings (SSSR count). The van der Waals surface area contributed by atoms with E-state index in [9.17, 15) is 14.4 Å². The van der Waals surface area contributed by atoms with Crippen LogP contribution >= 0.6 is 0 Å². The summed E-state index contributed by atoms with van der Waals surface area (Å²) in [5.41, 5.74) is 3.94. The van der Waals surface area contributed by atoms with Gasteiger partial charge in [-0.3, -0.25) is 14.4 Å². The summed E-state index contributed by atoms with van der Waals surface area (Å²) in [5.74, 6) is -0.196. The van der Waals surface area contributed by atoms with Gasteiger partial charge in [-0.1, -0.05) is 66.7 Å².